The van der Waals surface area contributed by atoms with E-state index in [0.29, 0.717) is 24.2 Å². The molecular weight excluding hydrogens is 477 g/mol. The number of aromatic nitrogens is 2. The standard InChI is InChI=1S/C18H23N5O2S.HI/c1-12-22-17(25-23-12)8-5-9-20-18(19-2)21-11-14(24)16-10-13-6-3-4-7-15(13)26-16;/h3-4,6-7,10,14,24H,5,8-9,11H2,1-2H3,(H2,19,20,21);1H. The number of aliphatic hydroxyl groups is 1. The highest BCUT2D eigenvalue weighted by atomic mass is 127. The Hall–Kier alpha value is -1.72. The molecule has 3 N–H and O–H groups in total. The van der Waals surface area contributed by atoms with Crippen molar-refractivity contribution < 1.29 is 9.63 Å². The Morgan fingerprint density at radius 3 is 2.85 bits per heavy atom. The monoisotopic (exact) mass is 501 g/mol. The van der Waals surface area contributed by atoms with E-state index in [1.165, 1.54) is 4.70 Å². The van der Waals surface area contributed by atoms with Crippen LogP contribution in [0, 0.1) is 6.92 Å². The second-order valence-corrected chi connectivity index (χ2v) is 7.04. The average molecular weight is 501 g/mol. The van der Waals surface area contributed by atoms with Gasteiger partial charge >= 0.3 is 0 Å². The highest BCUT2D eigenvalue weighted by molar-refractivity contribution is 14.0. The molecule has 0 aliphatic rings. The summed E-state index contributed by atoms with van der Waals surface area (Å²) in [6.07, 6.45) is 0.989. The fraction of sp³-hybridized carbons (Fsp3) is 0.389. The van der Waals surface area contributed by atoms with Crippen molar-refractivity contribution in [1.29, 1.82) is 0 Å². The van der Waals surface area contributed by atoms with Crippen molar-refractivity contribution in [2.45, 2.75) is 25.9 Å². The molecule has 0 aliphatic heterocycles. The van der Waals surface area contributed by atoms with Gasteiger partial charge in [0, 0.05) is 36.1 Å². The predicted molar refractivity (Wildman–Crippen MR) is 119 cm³/mol. The predicted octanol–water partition coefficient (Wildman–Crippen LogP) is 3.04. The molecule has 0 amide bonds. The number of aryl methyl sites for hydroxylation is 2. The Labute approximate surface area is 179 Å². The van der Waals surface area contributed by atoms with E-state index in [9.17, 15) is 5.11 Å². The summed E-state index contributed by atoms with van der Waals surface area (Å²) in [6, 6.07) is 10.2. The first-order valence-corrected chi connectivity index (χ1v) is 9.37. The van der Waals surface area contributed by atoms with Crippen LogP contribution >= 0.6 is 35.3 Å². The maximum atomic E-state index is 10.4. The van der Waals surface area contributed by atoms with E-state index in [0.717, 1.165) is 29.6 Å². The normalized spacial score (nSPS) is 12.6. The zero-order chi connectivity index (χ0) is 18.4. The lowest BCUT2D eigenvalue weighted by molar-refractivity contribution is 0.184. The number of hydrogen-bond donors (Lipinski definition) is 3. The second-order valence-electron chi connectivity index (χ2n) is 5.92. The summed E-state index contributed by atoms with van der Waals surface area (Å²) in [5.41, 5.74) is 0. The lowest BCUT2D eigenvalue weighted by Crippen LogP contribution is -2.39. The number of halogens is 1. The molecule has 0 aliphatic carbocycles. The Morgan fingerprint density at radius 1 is 1.33 bits per heavy atom. The maximum absolute atomic E-state index is 10.4. The number of thiophene rings is 1. The Balaban J connectivity index is 0.00000261. The number of aliphatic hydroxyl groups excluding tert-OH is 1. The molecule has 146 valence electrons. The fourth-order valence-electron chi connectivity index (χ4n) is 2.57. The largest absolute Gasteiger partial charge is 0.386 e. The number of nitrogens with zero attached hydrogens (tertiary/aromatic N) is 3. The topological polar surface area (TPSA) is 95.6 Å². The molecule has 0 saturated heterocycles. The molecular formula is C18H24IN5O2S. The van der Waals surface area contributed by atoms with Crippen molar-refractivity contribution in [3.63, 3.8) is 0 Å². The van der Waals surface area contributed by atoms with Gasteiger partial charge in [0.15, 0.2) is 11.8 Å². The number of rotatable bonds is 7. The third-order valence-corrected chi connectivity index (χ3v) is 5.11. The van der Waals surface area contributed by atoms with Crippen LogP contribution in [0.25, 0.3) is 10.1 Å². The average Bonchev–Trinajstić information content (AvgIpc) is 3.26. The van der Waals surface area contributed by atoms with Gasteiger partial charge in [-0.3, -0.25) is 4.99 Å². The van der Waals surface area contributed by atoms with Crippen LogP contribution in [0.1, 0.15) is 29.1 Å². The molecule has 3 aromatic rings. The zero-order valence-electron chi connectivity index (χ0n) is 15.3. The second kappa shape index (κ2) is 10.6. The van der Waals surface area contributed by atoms with E-state index in [2.05, 4.69) is 37.9 Å². The van der Waals surface area contributed by atoms with Gasteiger partial charge in [-0.2, -0.15) is 4.98 Å². The molecule has 9 heteroatoms. The van der Waals surface area contributed by atoms with Crippen molar-refractivity contribution in [2.75, 3.05) is 20.1 Å². The molecule has 0 spiro atoms. The van der Waals surface area contributed by atoms with Gasteiger partial charge in [-0.25, -0.2) is 0 Å². The first-order valence-electron chi connectivity index (χ1n) is 8.56. The minimum atomic E-state index is -0.577. The van der Waals surface area contributed by atoms with Gasteiger partial charge < -0.3 is 20.3 Å². The third kappa shape index (κ3) is 6.15. The molecule has 2 heterocycles. The number of hydrogen-bond acceptors (Lipinski definition) is 6. The Morgan fingerprint density at radius 2 is 2.15 bits per heavy atom. The number of nitrogens with one attached hydrogen (secondary N) is 2. The van der Waals surface area contributed by atoms with Crippen LogP contribution < -0.4 is 10.6 Å². The molecule has 0 radical (unpaired) electrons. The fourth-order valence-corrected chi connectivity index (χ4v) is 3.62. The van der Waals surface area contributed by atoms with Crippen LogP contribution in [0.2, 0.25) is 0 Å². The van der Waals surface area contributed by atoms with Gasteiger partial charge in [-0.15, -0.1) is 35.3 Å². The SMILES string of the molecule is CN=C(NCCCc1nc(C)no1)NCC(O)c1cc2ccccc2s1.I. The molecule has 7 nitrogen and oxygen atoms in total. The summed E-state index contributed by atoms with van der Waals surface area (Å²) in [5, 5.41) is 21.7. The Kier molecular flexibility index (Phi) is 8.45. The summed E-state index contributed by atoms with van der Waals surface area (Å²) < 4.78 is 6.26. The van der Waals surface area contributed by atoms with Crippen molar-refractivity contribution in [3.05, 3.63) is 46.9 Å². The van der Waals surface area contributed by atoms with Gasteiger partial charge in [0.05, 0.1) is 0 Å². The number of guanidine groups is 1. The molecule has 0 fully saturated rings. The van der Waals surface area contributed by atoms with E-state index in [-0.39, 0.29) is 24.0 Å². The smallest absolute Gasteiger partial charge is 0.226 e. The number of benzene rings is 1. The first-order chi connectivity index (χ1) is 12.7. The summed E-state index contributed by atoms with van der Waals surface area (Å²) >= 11 is 1.61. The molecule has 0 bridgehead atoms. The van der Waals surface area contributed by atoms with Crippen LogP contribution in [0.3, 0.4) is 0 Å². The van der Waals surface area contributed by atoms with Crippen LogP contribution in [-0.4, -0.2) is 41.3 Å². The van der Waals surface area contributed by atoms with Crippen LogP contribution in [0.4, 0.5) is 0 Å². The molecule has 27 heavy (non-hydrogen) atoms. The van der Waals surface area contributed by atoms with Crippen molar-refractivity contribution >= 4 is 51.4 Å². The molecule has 3 rings (SSSR count). The maximum Gasteiger partial charge on any atom is 0.226 e. The molecule has 2 aromatic heterocycles. The van der Waals surface area contributed by atoms with Gasteiger partial charge in [0.25, 0.3) is 0 Å². The van der Waals surface area contributed by atoms with Gasteiger partial charge in [-0.1, -0.05) is 23.4 Å². The van der Waals surface area contributed by atoms with Gasteiger partial charge in [0.2, 0.25) is 5.89 Å². The summed E-state index contributed by atoms with van der Waals surface area (Å²) in [5.74, 6) is 1.96. The Bertz CT molecular complexity index is 846. The zero-order valence-corrected chi connectivity index (χ0v) is 18.5. The summed E-state index contributed by atoms with van der Waals surface area (Å²) in [7, 11) is 1.71. The van der Waals surface area contributed by atoms with Crippen molar-refractivity contribution in [2.24, 2.45) is 4.99 Å². The minimum absolute atomic E-state index is 0. The van der Waals surface area contributed by atoms with Crippen LogP contribution in [0.15, 0.2) is 39.8 Å². The van der Waals surface area contributed by atoms with E-state index in [1.54, 1.807) is 25.3 Å². The van der Waals surface area contributed by atoms with Crippen LogP contribution in [-0.2, 0) is 6.42 Å². The molecule has 1 aromatic carbocycles. The lowest BCUT2D eigenvalue weighted by Gasteiger charge is -2.14. The van der Waals surface area contributed by atoms with Gasteiger partial charge in [0.1, 0.15) is 6.10 Å². The van der Waals surface area contributed by atoms with Crippen molar-refractivity contribution in [3.8, 4) is 0 Å². The molecule has 1 atom stereocenters. The molecule has 1 unspecified atom stereocenters. The lowest BCUT2D eigenvalue weighted by atomic mass is 10.2. The van der Waals surface area contributed by atoms with E-state index >= 15 is 0 Å². The first kappa shape index (κ1) is 21.6. The third-order valence-electron chi connectivity index (χ3n) is 3.89. The summed E-state index contributed by atoms with van der Waals surface area (Å²) in [4.78, 5) is 9.30. The van der Waals surface area contributed by atoms with E-state index < -0.39 is 6.10 Å². The van der Waals surface area contributed by atoms with E-state index in [1.807, 2.05) is 18.2 Å². The highest BCUT2D eigenvalue weighted by Crippen LogP contribution is 2.29. The van der Waals surface area contributed by atoms with Crippen LogP contribution in [0.5, 0.6) is 0 Å². The molecule has 0 saturated carbocycles. The summed E-state index contributed by atoms with van der Waals surface area (Å²) in [6.45, 7) is 2.92. The highest BCUT2D eigenvalue weighted by Gasteiger charge is 2.12. The minimum Gasteiger partial charge on any atom is -0.386 e. The van der Waals surface area contributed by atoms with Gasteiger partial charge in [-0.05, 0) is 30.9 Å². The quantitative estimate of drug-likeness (QED) is 0.200. The number of fused-ring (bicyclic) bond motifs is 1. The van der Waals surface area contributed by atoms with Crippen molar-refractivity contribution in [1.82, 2.24) is 20.8 Å². The van der Waals surface area contributed by atoms with E-state index in [4.69, 9.17) is 4.52 Å². The number of aliphatic imine (C=N–C) groups is 1.